The summed E-state index contributed by atoms with van der Waals surface area (Å²) < 4.78 is 20.8. The van der Waals surface area contributed by atoms with E-state index < -0.39 is 6.03 Å². The first kappa shape index (κ1) is 19.8. The molecule has 140 valence electrons. The molecule has 0 bridgehead atoms. The number of anilines is 2. The minimum atomic E-state index is -0.532. The molecule has 2 N–H and O–H groups in total. The molecule has 0 unspecified atom stereocenters. The Balaban J connectivity index is 2.27. The number of urea groups is 1. The van der Waals surface area contributed by atoms with E-state index in [1.54, 1.807) is 24.3 Å². The van der Waals surface area contributed by atoms with Gasteiger partial charge in [0.15, 0.2) is 0 Å². The summed E-state index contributed by atoms with van der Waals surface area (Å²) >= 11 is 12.1. The van der Waals surface area contributed by atoms with Crippen LogP contribution in [0.25, 0.3) is 0 Å². The molecular weight excluding hydrogens is 383 g/mol. The molecule has 0 fully saturated rings. The standard InChI is InChI=1S/C17H18Cl2N2O5/c1-23-13-7-11(15(25-3)5-9(13)18)20-17(22)21-12-8-14(24-2)10(19)6-16(12)26-4/h5-8H,1-4H3,(H2,20,21,22). The van der Waals surface area contributed by atoms with Crippen molar-refractivity contribution in [1.82, 2.24) is 0 Å². The van der Waals surface area contributed by atoms with Gasteiger partial charge in [0, 0.05) is 24.3 Å². The van der Waals surface area contributed by atoms with Crippen molar-refractivity contribution in [3.8, 4) is 23.0 Å². The second-order valence-electron chi connectivity index (χ2n) is 4.95. The van der Waals surface area contributed by atoms with Crippen LogP contribution in [0.1, 0.15) is 0 Å². The summed E-state index contributed by atoms with van der Waals surface area (Å²) in [6, 6.07) is 5.67. The van der Waals surface area contributed by atoms with Crippen molar-refractivity contribution in [2.75, 3.05) is 39.1 Å². The number of methoxy groups -OCH3 is 4. The number of benzene rings is 2. The number of carbonyl (C=O) groups excluding carboxylic acids is 1. The topological polar surface area (TPSA) is 78.1 Å². The number of ether oxygens (including phenoxy) is 4. The number of rotatable bonds is 6. The maximum Gasteiger partial charge on any atom is 0.323 e. The van der Waals surface area contributed by atoms with E-state index in [4.69, 9.17) is 42.1 Å². The highest BCUT2D eigenvalue weighted by atomic mass is 35.5. The molecule has 26 heavy (non-hydrogen) atoms. The van der Waals surface area contributed by atoms with Gasteiger partial charge in [0.2, 0.25) is 0 Å². The van der Waals surface area contributed by atoms with Crippen molar-refractivity contribution in [1.29, 1.82) is 0 Å². The van der Waals surface area contributed by atoms with E-state index in [0.717, 1.165) is 0 Å². The number of hydrogen-bond acceptors (Lipinski definition) is 5. The Labute approximate surface area is 161 Å². The lowest BCUT2D eigenvalue weighted by Gasteiger charge is -2.16. The van der Waals surface area contributed by atoms with Crippen LogP contribution in [-0.4, -0.2) is 34.5 Å². The third-order valence-corrected chi connectivity index (χ3v) is 4.03. The Kier molecular flexibility index (Phi) is 6.65. The molecule has 0 heterocycles. The highest BCUT2D eigenvalue weighted by Crippen LogP contribution is 2.37. The number of hydrogen-bond donors (Lipinski definition) is 2. The predicted molar refractivity (Wildman–Crippen MR) is 102 cm³/mol. The number of carbonyl (C=O) groups is 1. The van der Waals surface area contributed by atoms with Gasteiger partial charge in [-0.15, -0.1) is 0 Å². The van der Waals surface area contributed by atoms with Crippen LogP contribution in [0.4, 0.5) is 16.2 Å². The maximum atomic E-state index is 12.4. The Hall–Kier alpha value is -2.51. The summed E-state index contributed by atoms with van der Waals surface area (Å²) in [4.78, 5) is 12.4. The molecule has 0 aliphatic rings. The van der Waals surface area contributed by atoms with Crippen LogP contribution in [0.3, 0.4) is 0 Å². The second-order valence-corrected chi connectivity index (χ2v) is 5.77. The molecule has 9 heteroatoms. The zero-order valence-electron chi connectivity index (χ0n) is 14.6. The second kappa shape index (κ2) is 8.73. The zero-order valence-corrected chi connectivity index (χ0v) is 16.1. The molecule has 0 saturated heterocycles. The molecule has 0 saturated carbocycles. The van der Waals surface area contributed by atoms with Gasteiger partial charge in [-0.3, -0.25) is 0 Å². The van der Waals surface area contributed by atoms with Crippen LogP contribution >= 0.6 is 23.2 Å². The van der Waals surface area contributed by atoms with Crippen LogP contribution in [0.15, 0.2) is 24.3 Å². The van der Waals surface area contributed by atoms with E-state index in [1.807, 2.05) is 0 Å². The van der Waals surface area contributed by atoms with Gasteiger partial charge < -0.3 is 29.6 Å². The lowest BCUT2D eigenvalue weighted by atomic mass is 10.2. The minimum absolute atomic E-state index is 0.361. The van der Waals surface area contributed by atoms with Gasteiger partial charge >= 0.3 is 6.03 Å². The van der Waals surface area contributed by atoms with E-state index in [1.165, 1.54) is 28.4 Å². The largest absolute Gasteiger partial charge is 0.495 e. The van der Waals surface area contributed by atoms with Gasteiger partial charge in [-0.25, -0.2) is 4.79 Å². The quantitative estimate of drug-likeness (QED) is 0.736. The lowest BCUT2D eigenvalue weighted by molar-refractivity contribution is 0.262. The Morgan fingerprint density at radius 2 is 1.04 bits per heavy atom. The zero-order chi connectivity index (χ0) is 19.3. The fourth-order valence-electron chi connectivity index (χ4n) is 2.19. The van der Waals surface area contributed by atoms with E-state index in [-0.39, 0.29) is 0 Å². The number of halogens is 2. The van der Waals surface area contributed by atoms with Gasteiger partial charge in [-0.2, -0.15) is 0 Å². The fourth-order valence-corrected chi connectivity index (χ4v) is 2.65. The number of nitrogens with one attached hydrogen (secondary N) is 2. The van der Waals surface area contributed by atoms with Crippen molar-refractivity contribution in [3.05, 3.63) is 34.3 Å². The highest BCUT2D eigenvalue weighted by molar-refractivity contribution is 6.32. The Bertz CT molecular complexity index is 749. The van der Waals surface area contributed by atoms with E-state index >= 15 is 0 Å². The normalized spacial score (nSPS) is 10.1. The van der Waals surface area contributed by atoms with Gasteiger partial charge in [-0.05, 0) is 0 Å². The smallest absolute Gasteiger partial charge is 0.323 e. The van der Waals surface area contributed by atoms with Crippen LogP contribution in [0, 0.1) is 0 Å². The molecule has 0 aliphatic carbocycles. The summed E-state index contributed by atoms with van der Waals surface area (Å²) in [5.74, 6) is 1.56. The van der Waals surface area contributed by atoms with Crippen LogP contribution < -0.4 is 29.6 Å². The minimum Gasteiger partial charge on any atom is -0.495 e. The molecular formula is C17H18Cl2N2O5. The Morgan fingerprint density at radius 3 is 1.35 bits per heavy atom. The maximum absolute atomic E-state index is 12.4. The van der Waals surface area contributed by atoms with E-state index in [2.05, 4.69) is 10.6 Å². The molecule has 2 aromatic rings. The molecule has 2 aromatic carbocycles. The van der Waals surface area contributed by atoms with Gasteiger partial charge in [-0.1, -0.05) is 23.2 Å². The molecule has 2 rings (SSSR count). The summed E-state index contributed by atoms with van der Waals surface area (Å²) in [6.07, 6.45) is 0. The van der Waals surface area contributed by atoms with Crippen LogP contribution in [0.5, 0.6) is 23.0 Å². The SMILES string of the molecule is COc1cc(NC(=O)Nc2cc(OC)c(Cl)cc2OC)c(OC)cc1Cl. The predicted octanol–water partition coefficient (Wildman–Crippen LogP) is 4.67. The van der Waals surface area contributed by atoms with Crippen LogP contribution in [0.2, 0.25) is 10.0 Å². The van der Waals surface area contributed by atoms with Crippen molar-refractivity contribution >= 4 is 40.6 Å². The Morgan fingerprint density at radius 1 is 0.692 bits per heavy atom. The lowest BCUT2D eigenvalue weighted by Crippen LogP contribution is -2.20. The monoisotopic (exact) mass is 400 g/mol. The average Bonchev–Trinajstić information content (AvgIpc) is 2.63. The van der Waals surface area contributed by atoms with Crippen molar-refractivity contribution < 1.29 is 23.7 Å². The molecule has 0 aliphatic heterocycles. The van der Waals surface area contributed by atoms with E-state index in [9.17, 15) is 4.79 Å². The molecule has 0 radical (unpaired) electrons. The average molecular weight is 401 g/mol. The first-order chi connectivity index (χ1) is 12.4. The highest BCUT2D eigenvalue weighted by Gasteiger charge is 2.15. The van der Waals surface area contributed by atoms with Gasteiger partial charge in [0.25, 0.3) is 0 Å². The molecule has 0 aromatic heterocycles. The van der Waals surface area contributed by atoms with Crippen molar-refractivity contribution in [2.24, 2.45) is 0 Å². The van der Waals surface area contributed by atoms with Crippen molar-refractivity contribution in [2.45, 2.75) is 0 Å². The number of amides is 2. The first-order valence-electron chi connectivity index (χ1n) is 7.34. The van der Waals surface area contributed by atoms with Gasteiger partial charge in [0.05, 0.1) is 49.9 Å². The van der Waals surface area contributed by atoms with Gasteiger partial charge in [0.1, 0.15) is 23.0 Å². The third-order valence-electron chi connectivity index (χ3n) is 3.44. The third kappa shape index (κ3) is 4.36. The summed E-state index contributed by atoms with van der Waals surface area (Å²) in [7, 11) is 5.88. The first-order valence-corrected chi connectivity index (χ1v) is 8.10. The summed E-state index contributed by atoms with van der Waals surface area (Å²) in [5, 5.41) is 6.07. The fraction of sp³-hybridized carbons (Fsp3) is 0.235. The van der Waals surface area contributed by atoms with Crippen LogP contribution in [-0.2, 0) is 0 Å². The van der Waals surface area contributed by atoms with E-state index in [0.29, 0.717) is 44.4 Å². The van der Waals surface area contributed by atoms with Crippen molar-refractivity contribution in [3.63, 3.8) is 0 Å². The summed E-state index contributed by atoms with van der Waals surface area (Å²) in [5.41, 5.74) is 0.761. The molecule has 2 amide bonds. The molecule has 0 atom stereocenters. The summed E-state index contributed by atoms with van der Waals surface area (Å²) in [6.45, 7) is 0. The molecule has 7 nitrogen and oxygen atoms in total. The molecule has 0 spiro atoms.